The zero-order chi connectivity index (χ0) is 23.7. The van der Waals surface area contributed by atoms with Crippen molar-refractivity contribution in [2.24, 2.45) is 0 Å². The van der Waals surface area contributed by atoms with Gasteiger partial charge in [0.1, 0.15) is 21.7 Å². The zero-order valence-electron chi connectivity index (χ0n) is 17.2. The largest absolute Gasteiger partial charge is 0.462 e. The minimum Gasteiger partial charge on any atom is -0.462 e. The molecular formula is C23H16FN3O5S. The molecule has 0 aliphatic carbocycles. The van der Waals surface area contributed by atoms with Crippen molar-refractivity contribution in [1.29, 1.82) is 0 Å². The number of aromatic amines is 1. The molecule has 0 spiro atoms. The molecule has 166 valence electrons. The molecule has 0 amide bonds. The highest BCUT2D eigenvalue weighted by molar-refractivity contribution is 7.71. The first-order valence-electron chi connectivity index (χ1n) is 9.80. The monoisotopic (exact) mass is 465 g/mol. The number of nitro groups is 1. The highest BCUT2D eigenvalue weighted by Crippen LogP contribution is 2.28. The molecule has 0 fully saturated rings. The van der Waals surface area contributed by atoms with Crippen molar-refractivity contribution in [2.45, 2.75) is 6.92 Å². The summed E-state index contributed by atoms with van der Waals surface area (Å²) in [5.74, 6) is -1.11. The highest BCUT2D eigenvalue weighted by Gasteiger charge is 2.22. The van der Waals surface area contributed by atoms with Gasteiger partial charge in [0.25, 0.3) is 11.2 Å². The van der Waals surface area contributed by atoms with Gasteiger partial charge < -0.3 is 9.72 Å². The number of rotatable bonds is 5. The van der Waals surface area contributed by atoms with Crippen LogP contribution in [0.2, 0.25) is 0 Å². The van der Waals surface area contributed by atoms with E-state index in [0.29, 0.717) is 16.7 Å². The minimum atomic E-state index is -0.667. The van der Waals surface area contributed by atoms with E-state index in [1.165, 1.54) is 52.9 Å². The number of hydrogen-bond acceptors (Lipinski definition) is 6. The van der Waals surface area contributed by atoms with Crippen LogP contribution >= 0.6 is 12.2 Å². The fourth-order valence-corrected chi connectivity index (χ4v) is 3.77. The lowest BCUT2D eigenvalue weighted by Crippen LogP contribution is -2.30. The Morgan fingerprint density at radius 1 is 1.27 bits per heavy atom. The smallest absolute Gasteiger partial charge is 0.342 e. The van der Waals surface area contributed by atoms with Gasteiger partial charge in [-0.25, -0.2) is 9.18 Å². The number of nitrogens with one attached hydrogen (secondary N) is 1. The van der Waals surface area contributed by atoms with Gasteiger partial charge in [-0.05, 0) is 36.3 Å². The van der Waals surface area contributed by atoms with Crippen LogP contribution in [-0.2, 0) is 4.74 Å². The first-order chi connectivity index (χ1) is 15.8. The van der Waals surface area contributed by atoms with Gasteiger partial charge in [0.15, 0.2) is 0 Å². The van der Waals surface area contributed by atoms with Crippen LogP contribution in [0, 0.1) is 20.6 Å². The van der Waals surface area contributed by atoms with Gasteiger partial charge in [0.05, 0.1) is 16.7 Å². The summed E-state index contributed by atoms with van der Waals surface area (Å²) in [5.41, 5.74) is 0.874. The standard InChI is InChI=1S/C23H16FN3O5S/c1-2-32-23(29)19-18(14-6-8-15(24)9-7-14)12-26-20(19)25-21(28)17(22(26)33)11-13-4-3-5-16(10-13)27(30)31/h3-12H,2H2,1H3,(H,25,28). The normalized spacial score (nSPS) is 11.6. The topological polar surface area (TPSA) is 107 Å². The number of nitrogens with zero attached hydrogens (tertiary/aromatic N) is 2. The van der Waals surface area contributed by atoms with Crippen molar-refractivity contribution in [1.82, 2.24) is 9.38 Å². The van der Waals surface area contributed by atoms with Crippen molar-refractivity contribution in [2.75, 3.05) is 6.61 Å². The molecule has 0 bridgehead atoms. The summed E-state index contributed by atoms with van der Waals surface area (Å²) in [6, 6.07) is 11.3. The molecule has 2 aromatic carbocycles. The number of hydrogen-bond donors (Lipinski definition) is 1. The molecule has 2 heterocycles. The van der Waals surface area contributed by atoms with E-state index < -0.39 is 22.3 Å². The number of halogens is 1. The molecule has 0 aliphatic heterocycles. The van der Waals surface area contributed by atoms with Crippen molar-refractivity contribution >= 4 is 35.6 Å². The first-order valence-corrected chi connectivity index (χ1v) is 10.2. The molecule has 33 heavy (non-hydrogen) atoms. The Hall–Kier alpha value is -4.18. The Morgan fingerprint density at radius 2 is 2.00 bits per heavy atom. The third kappa shape index (κ3) is 4.15. The van der Waals surface area contributed by atoms with E-state index in [1.807, 2.05) is 0 Å². The lowest BCUT2D eigenvalue weighted by atomic mass is 10.0. The SMILES string of the molecule is CCOC(=O)c1c(-c2ccc(F)cc2)cn2c(=S)c(=Cc3cccc([N+](=O)[O-])c3)c(=O)[nH]c12. The second-order valence-electron chi connectivity index (χ2n) is 7.03. The van der Waals surface area contributed by atoms with Gasteiger partial charge in [0.2, 0.25) is 0 Å². The quantitative estimate of drug-likeness (QED) is 0.208. The Morgan fingerprint density at radius 3 is 2.67 bits per heavy atom. The Labute approximate surface area is 190 Å². The number of carbonyl (C=O) groups is 1. The molecule has 0 unspecified atom stereocenters. The van der Waals surface area contributed by atoms with Crippen molar-refractivity contribution in [3.63, 3.8) is 0 Å². The van der Waals surface area contributed by atoms with Crippen LogP contribution in [0.25, 0.3) is 22.9 Å². The summed E-state index contributed by atoms with van der Waals surface area (Å²) in [6.45, 7) is 1.77. The molecule has 0 atom stereocenters. The Kier molecular flexibility index (Phi) is 5.84. The maximum atomic E-state index is 13.4. The number of esters is 1. The van der Waals surface area contributed by atoms with Crippen molar-refractivity contribution in [3.8, 4) is 11.1 Å². The predicted octanol–water partition coefficient (Wildman–Crippen LogP) is 3.80. The number of aromatic nitrogens is 2. The van der Waals surface area contributed by atoms with Crippen LogP contribution < -0.4 is 10.8 Å². The second-order valence-corrected chi connectivity index (χ2v) is 7.42. The molecule has 4 rings (SSSR count). The molecule has 1 N–H and O–H groups in total. The molecule has 0 saturated carbocycles. The number of H-pyrrole nitrogens is 1. The zero-order valence-corrected chi connectivity index (χ0v) is 18.0. The molecule has 0 saturated heterocycles. The Bertz CT molecular complexity index is 1570. The maximum absolute atomic E-state index is 13.4. The van der Waals surface area contributed by atoms with E-state index >= 15 is 0 Å². The molecule has 0 aliphatic rings. The van der Waals surface area contributed by atoms with Gasteiger partial charge in [0, 0.05) is 23.9 Å². The Balaban J connectivity index is 2.01. The number of benzene rings is 2. The highest BCUT2D eigenvalue weighted by atomic mass is 32.1. The third-order valence-corrected chi connectivity index (χ3v) is 5.37. The van der Waals surface area contributed by atoms with E-state index in [0.717, 1.165) is 0 Å². The maximum Gasteiger partial charge on any atom is 0.342 e. The van der Waals surface area contributed by atoms with E-state index in [4.69, 9.17) is 17.0 Å². The van der Waals surface area contributed by atoms with Crippen LogP contribution in [0.5, 0.6) is 0 Å². The molecule has 10 heteroatoms. The van der Waals surface area contributed by atoms with E-state index in [9.17, 15) is 24.1 Å². The van der Waals surface area contributed by atoms with Crippen molar-refractivity contribution < 1.29 is 18.8 Å². The third-order valence-electron chi connectivity index (χ3n) is 4.96. The summed E-state index contributed by atoms with van der Waals surface area (Å²) in [4.78, 5) is 38.8. The first kappa shape index (κ1) is 22.0. The van der Waals surface area contributed by atoms with Crippen LogP contribution in [0.3, 0.4) is 0 Å². The predicted molar refractivity (Wildman–Crippen MR) is 122 cm³/mol. The molecule has 8 nitrogen and oxygen atoms in total. The molecule has 4 aromatic rings. The average molecular weight is 465 g/mol. The fraction of sp³-hybridized carbons (Fsp3) is 0.0870. The van der Waals surface area contributed by atoms with Crippen LogP contribution in [-0.4, -0.2) is 26.9 Å². The summed E-state index contributed by atoms with van der Waals surface area (Å²) in [5, 5.41) is 11.2. The number of carbonyl (C=O) groups excluding carboxylic acids is 1. The second kappa shape index (κ2) is 8.75. The molecule has 2 aromatic heterocycles. The summed E-state index contributed by atoms with van der Waals surface area (Å²) >= 11 is 5.53. The van der Waals surface area contributed by atoms with Crippen molar-refractivity contribution in [3.05, 3.63) is 102 Å². The average Bonchev–Trinajstić information content (AvgIpc) is 3.17. The van der Waals surface area contributed by atoms with Crippen LogP contribution in [0.4, 0.5) is 10.1 Å². The number of non-ortho nitro benzene ring substituents is 1. The van der Waals surface area contributed by atoms with E-state index in [-0.39, 0.29) is 33.4 Å². The van der Waals surface area contributed by atoms with Crippen LogP contribution in [0.1, 0.15) is 22.8 Å². The summed E-state index contributed by atoms with van der Waals surface area (Å²) < 4.78 is 20.2. The summed E-state index contributed by atoms with van der Waals surface area (Å²) in [7, 11) is 0. The number of nitro benzene ring substituents is 1. The van der Waals surface area contributed by atoms with E-state index in [2.05, 4.69) is 4.98 Å². The fourth-order valence-electron chi connectivity index (χ4n) is 3.47. The van der Waals surface area contributed by atoms with Gasteiger partial charge in [-0.3, -0.25) is 19.3 Å². The van der Waals surface area contributed by atoms with Gasteiger partial charge in [-0.1, -0.05) is 36.5 Å². The van der Waals surface area contributed by atoms with Crippen LogP contribution in [0.15, 0.2) is 59.5 Å². The van der Waals surface area contributed by atoms with Gasteiger partial charge >= 0.3 is 5.97 Å². The summed E-state index contributed by atoms with van der Waals surface area (Å²) in [6.07, 6.45) is 3.01. The molecule has 0 radical (unpaired) electrons. The molecular weight excluding hydrogens is 449 g/mol. The van der Waals surface area contributed by atoms with E-state index in [1.54, 1.807) is 19.2 Å². The van der Waals surface area contributed by atoms with Gasteiger partial charge in [-0.2, -0.15) is 0 Å². The minimum absolute atomic E-state index is 0.0913. The lowest BCUT2D eigenvalue weighted by molar-refractivity contribution is -0.384. The van der Waals surface area contributed by atoms with Gasteiger partial charge in [-0.15, -0.1) is 0 Å². The lowest BCUT2D eigenvalue weighted by Gasteiger charge is -2.05. The number of fused-ring (bicyclic) bond motifs is 1. The number of ether oxygens (including phenoxy) is 1.